The fourth-order valence-electron chi connectivity index (χ4n) is 3.05. The summed E-state index contributed by atoms with van der Waals surface area (Å²) in [5.41, 5.74) is 2.47. The highest BCUT2D eigenvalue weighted by Gasteiger charge is 2.16. The molecule has 1 N–H and O–H groups in total. The monoisotopic (exact) mass is 394 g/mol. The fourth-order valence-corrected chi connectivity index (χ4v) is 3.87. The minimum Gasteiger partial charge on any atom is -0.492 e. The Bertz CT molecular complexity index is 1070. The van der Waals surface area contributed by atoms with Crippen LogP contribution in [0.4, 0.5) is 4.39 Å². The summed E-state index contributed by atoms with van der Waals surface area (Å²) in [6.07, 6.45) is 0. The van der Waals surface area contributed by atoms with Crippen molar-refractivity contribution in [2.24, 2.45) is 0 Å². The Labute approximate surface area is 166 Å². The topological polar surface area (TPSA) is 43.3 Å². The van der Waals surface area contributed by atoms with Crippen LogP contribution >= 0.6 is 11.3 Å². The zero-order valence-corrected chi connectivity index (χ0v) is 15.9. The molecule has 2 aromatic carbocycles. The molecule has 0 spiro atoms. The van der Waals surface area contributed by atoms with Crippen LogP contribution in [-0.4, -0.2) is 17.1 Å². The van der Waals surface area contributed by atoms with Crippen molar-refractivity contribution in [2.45, 2.75) is 13.1 Å². The summed E-state index contributed by atoms with van der Waals surface area (Å²) < 4.78 is 21.9. The molecule has 0 radical (unpaired) electrons. The molecule has 6 heteroatoms. The second-order valence-electron chi connectivity index (χ2n) is 6.32. The van der Waals surface area contributed by atoms with Crippen LogP contribution < -0.4 is 10.1 Å². The number of rotatable bonds is 7. The highest BCUT2D eigenvalue weighted by molar-refractivity contribution is 7.17. The van der Waals surface area contributed by atoms with Crippen LogP contribution in [0.3, 0.4) is 0 Å². The molecule has 4 rings (SSSR count). The van der Waals surface area contributed by atoms with Gasteiger partial charge in [-0.3, -0.25) is 4.79 Å². The SMILES string of the molecule is O=C(NCc1ccc(F)cc1)c1cc2sccc2n1CCOc1ccccc1. The summed E-state index contributed by atoms with van der Waals surface area (Å²) in [4.78, 5) is 12.8. The molecule has 4 nitrogen and oxygen atoms in total. The Morgan fingerprint density at radius 3 is 2.64 bits per heavy atom. The van der Waals surface area contributed by atoms with Crippen molar-refractivity contribution in [3.63, 3.8) is 0 Å². The molecule has 0 fully saturated rings. The van der Waals surface area contributed by atoms with Crippen molar-refractivity contribution < 1.29 is 13.9 Å². The highest BCUT2D eigenvalue weighted by atomic mass is 32.1. The lowest BCUT2D eigenvalue weighted by molar-refractivity contribution is 0.0941. The molecule has 0 aliphatic heterocycles. The number of aromatic nitrogens is 1. The van der Waals surface area contributed by atoms with Gasteiger partial charge in [0.05, 0.1) is 16.8 Å². The molecule has 2 aromatic heterocycles. The van der Waals surface area contributed by atoms with E-state index in [2.05, 4.69) is 5.32 Å². The molecule has 0 saturated heterocycles. The number of carbonyl (C=O) groups excluding carboxylic acids is 1. The van der Waals surface area contributed by atoms with Gasteiger partial charge in [-0.05, 0) is 47.3 Å². The zero-order valence-electron chi connectivity index (χ0n) is 15.1. The first-order valence-electron chi connectivity index (χ1n) is 8.98. The summed E-state index contributed by atoms with van der Waals surface area (Å²) >= 11 is 1.60. The molecule has 2 heterocycles. The standard InChI is InChI=1S/C22H19FN2O2S/c23-17-8-6-16(7-9-17)15-24-22(26)20-14-21-19(10-13-28-21)25(20)11-12-27-18-4-2-1-3-5-18/h1-10,13-14H,11-12,15H2,(H,24,26). The molecule has 0 saturated carbocycles. The number of benzene rings is 2. The van der Waals surface area contributed by atoms with Crippen LogP contribution in [0.5, 0.6) is 5.75 Å². The smallest absolute Gasteiger partial charge is 0.268 e. The number of halogens is 1. The molecular formula is C22H19FN2O2S. The number of thiophene rings is 1. The van der Waals surface area contributed by atoms with E-state index >= 15 is 0 Å². The van der Waals surface area contributed by atoms with Gasteiger partial charge in [-0.25, -0.2) is 4.39 Å². The largest absolute Gasteiger partial charge is 0.492 e. The van der Waals surface area contributed by atoms with Gasteiger partial charge in [0.25, 0.3) is 5.91 Å². The lowest BCUT2D eigenvalue weighted by atomic mass is 10.2. The van der Waals surface area contributed by atoms with Crippen LogP contribution in [0.25, 0.3) is 10.2 Å². The fraction of sp³-hybridized carbons (Fsp3) is 0.136. The van der Waals surface area contributed by atoms with Gasteiger partial charge in [0.15, 0.2) is 0 Å². The van der Waals surface area contributed by atoms with E-state index in [9.17, 15) is 9.18 Å². The van der Waals surface area contributed by atoms with E-state index in [1.165, 1.54) is 12.1 Å². The average Bonchev–Trinajstić information content (AvgIpc) is 3.30. The first-order chi connectivity index (χ1) is 13.7. The summed E-state index contributed by atoms with van der Waals surface area (Å²) in [5, 5.41) is 4.93. The van der Waals surface area contributed by atoms with E-state index in [0.717, 1.165) is 21.5 Å². The number of fused-ring (bicyclic) bond motifs is 1. The lowest BCUT2D eigenvalue weighted by Gasteiger charge is -2.12. The summed E-state index contributed by atoms with van der Waals surface area (Å²) in [5.74, 6) is 0.355. The maximum absolute atomic E-state index is 13.0. The Kier molecular flexibility index (Phi) is 5.39. The van der Waals surface area contributed by atoms with Crippen LogP contribution in [0, 0.1) is 5.82 Å². The van der Waals surface area contributed by atoms with Gasteiger partial charge >= 0.3 is 0 Å². The molecule has 0 aliphatic rings. The van der Waals surface area contributed by atoms with E-state index in [1.807, 2.05) is 52.4 Å². The van der Waals surface area contributed by atoms with Crippen LogP contribution in [-0.2, 0) is 13.1 Å². The number of amides is 1. The summed E-state index contributed by atoms with van der Waals surface area (Å²) in [7, 11) is 0. The molecule has 0 aliphatic carbocycles. The second-order valence-corrected chi connectivity index (χ2v) is 7.27. The third-order valence-corrected chi connectivity index (χ3v) is 5.30. The van der Waals surface area contributed by atoms with Crippen LogP contribution in [0.15, 0.2) is 72.1 Å². The maximum Gasteiger partial charge on any atom is 0.268 e. The maximum atomic E-state index is 13.0. The Morgan fingerprint density at radius 2 is 1.86 bits per heavy atom. The van der Waals surface area contributed by atoms with Gasteiger partial charge in [0.2, 0.25) is 0 Å². The van der Waals surface area contributed by atoms with Crippen molar-refractivity contribution >= 4 is 27.5 Å². The number of nitrogens with one attached hydrogen (secondary N) is 1. The second kappa shape index (κ2) is 8.27. The number of carbonyl (C=O) groups is 1. The van der Waals surface area contributed by atoms with E-state index in [-0.39, 0.29) is 11.7 Å². The molecular weight excluding hydrogens is 375 g/mol. The number of hydrogen-bond donors (Lipinski definition) is 1. The van der Waals surface area contributed by atoms with Gasteiger partial charge in [-0.2, -0.15) is 0 Å². The number of nitrogens with zero attached hydrogens (tertiary/aromatic N) is 1. The highest BCUT2D eigenvalue weighted by Crippen LogP contribution is 2.25. The lowest BCUT2D eigenvalue weighted by Crippen LogP contribution is -2.26. The van der Waals surface area contributed by atoms with Crippen molar-refractivity contribution in [3.8, 4) is 5.75 Å². The van der Waals surface area contributed by atoms with Crippen LogP contribution in [0.2, 0.25) is 0 Å². The quantitative estimate of drug-likeness (QED) is 0.487. The predicted octanol–water partition coefficient (Wildman–Crippen LogP) is 4.85. The van der Waals surface area contributed by atoms with E-state index < -0.39 is 0 Å². The van der Waals surface area contributed by atoms with Crippen LogP contribution in [0.1, 0.15) is 16.1 Å². The molecule has 0 unspecified atom stereocenters. The zero-order chi connectivity index (χ0) is 19.3. The Morgan fingerprint density at radius 1 is 1.07 bits per heavy atom. The molecule has 142 valence electrons. The average molecular weight is 394 g/mol. The number of para-hydroxylation sites is 1. The van der Waals surface area contributed by atoms with Gasteiger partial charge < -0.3 is 14.6 Å². The third kappa shape index (κ3) is 4.07. The van der Waals surface area contributed by atoms with Gasteiger partial charge in [-0.15, -0.1) is 11.3 Å². The summed E-state index contributed by atoms with van der Waals surface area (Å²) in [6.45, 7) is 1.37. The molecule has 0 bridgehead atoms. The normalized spacial score (nSPS) is 10.9. The van der Waals surface area contributed by atoms with E-state index in [0.29, 0.717) is 25.4 Å². The summed E-state index contributed by atoms with van der Waals surface area (Å²) in [6, 6.07) is 19.6. The van der Waals surface area contributed by atoms with Gasteiger partial charge in [0, 0.05) is 6.54 Å². The number of hydrogen-bond acceptors (Lipinski definition) is 3. The van der Waals surface area contributed by atoms with E-state index in [1.54, 1.807) is 23.5 Å². The van der Waals surface area contributed by atoms with Crippen molar-refractivity contribution in [3.05, 3.63) is 89.2 Å². The molecule has 0 atom stereocenters. The molecule has 4 aromatic rings. The minimum absolute atomic E-state index is 0.160. The predicted molar refractivity (Wildman–Crippen MR) is 109 cm³/mol. The van der Waals surface area contributed by atoms with Crippen molar-refractivity contribution in [1.82, 2.24) is 9.88 Å². The Hall–Kier alpha value is -3.12. The first kappa shape index (κ1) is 18.3. The Balaban J connectivity index is 1.46. The van der Waals surface area contributed by atoms with Crippen molar-refractivity contribution in [1.29, 1.82) is 0 Å². The van der Waals surface area contributed by atoms with Gasteiger partial charge in [-0.1, -0.05) is 30.3 Å². The first-order valence-corrected chi connectivity index (χ1v) is 9.86. The minimum atomic E-state index is -0.289. The number of ether oxygens (including phenoxy) is 1. The van der Waals surface area contributed by atoms with E-state index in [4.69, 9.17) is 4.74 Å². The molecule has 1 amide bonds. The molecule has 28 heavy (non-hydrogen) atoms. The van der Waals surface area contributed by atoms with Crippen molar-refractivity contribution in [2.75, 3.05) is 6.61 Å². The van der Waals surface area contributed by atoms with Gasteiger partial charge in [0.1, 0.15) is 23.9 Å². The third-order valence-electron chi connectivity index (χ3n) is 4.45.